The predicted molar refractivity (Wildman–Crippen MR) is 73.1 cm³/mol. The van der Waals surface area contributed by atoms with Gasteiger partial charge in [-0.3, -0.25) is 9.48 Å². The van der Waals surface area contributed by atoms with Gasteiger partial charge in [0.25, 0.3) is 5.91 Å². The van der Waals surface area contributed by atoms with E-state index in [9.17, 15) is 4.79 Å². The number of nitrogens with one attached hydrogen (secondary N) is 1. The third-order valence-corrected chi connectivity index (χ3v) is 4.18. The molecule has 3 rings (SSSR count). The molecule has 1 aromatic heterocycles. The Balaban J connectivity index is 1.68. The van der Waals surface area contributed by atoms with Crippen LogP contribution in [0.15, 0.2) is 12.3 Å². The number of rotatable bonds is 2. The molecule has 0 bridgehead atoms. The number of hydrogen-bond donors (Lipinski definition) is 1. The molecule has 2 fully saturated rings. The first-order valence-electron chi connectivity index (χ1n) is 7.29. The van der Waals surface area contributed by atoms with Crippen molar-refractivity contribution >= 4 is 5.91 Å². The highest BCUT2D eigenvalue weighted by Crippen LogP contribution is 2.19. The Morgan fingerprint density at radius 2 is 2.37 bits per heavy atom. The van der Waals surface area contributed by atoms with Gasteiger partial charge in [-0.05, 0) is 37.8 Å². The quantitative estimate of drug-likeness (QED) is 0.873. The van der Waals surface area contributed by atoms with Gasteiger partial charge in [0.2, 0.25) is 0 Å². The fourth-order valence-electron chi connectivity index (χ4n) is 3.00. The van der Waals surface area contributed by atoms with Crippen LogP contribution in [0.2, 0.25) is 0 Å². The van der Waals surface area contributed by atoms with Gasteiger partial charge in [0, 0.05) is 25.8 Å². The van der Waals surface area contributed by atoms with E-state index < -0.39 is 0 Å². The zero-order valence-corrected chi connectivity index (χ0v) is 11.5. The van der Waals surface area contributed by atoms with Gasteiger partial charge in [-0.15, -0.1) is 0 Å². The number of nitrogens with zero attached hydrogens (tertiary/aromatic N) is 3. The minimum atomic E-state index is 0.0897. The molecule has 0 aliphatic carbocycles. The fraction of sp³-hybridized carbons (Fsp3) is 0.714. The summed E-state index contributed by atoms with van der Waals surface area (Å²) in [5, 5.41) is 7.87. The Bertz CT molecular complexity index is 450. The summed E-state index contributed by atoms with van der Waals surface area (Å²) in [5.41, 5.74) is 0.597. The Kier molecular flexibility index (Phi) is 3.55. The largest absolute Gasteiger partial charge is 0.337 e. The summed E-state index contributed by atoms with van der Waals surface area (Å²) in [6, 6.07) is 2.26. The first-order valence-corrected chi connectivity index (χ1v) is 7.29. The number of likely N-dealkylation sites (tertiary alicyclic amines) is 1. The van der Waals surface area contributed by atoms with E-state index in [1.807, 2.05) is 21.8 Å². The van der Waals surface area contributed by atoms with Crippen molar-refractivity contribution in [2.75, 3.05) is 26.2 Å². The monoisotopic (exact) mass is 262 g/mol. The second-order valence-electron chi connectivity index (χ2n) is 5.83. The van der Waals surface area contributed by atoms with Crippen LogP contribution in [-0.4, -0.2) is 46.8 Å². The number of aromatic nitrogens is 2. The maximum atomic E-state index is 12.3. The van der Waals surface area contributed by atoms with Gasteiger partial charge in [0.15, 0.2) is 0 Å². The van der Waals surface area contributed by atoms with Crippen LogP contribution in [0, 0.1) is 5.92 Å². The molecule has 104 valence electrons. The molecular formula is C14H22N4O. The molecule has 5 nitrogen and oxygen atoms in total. The van der Waals surface area contributed by atoms with E-state index in [4.69, 9.17) is 0 Å². The SMILES string of the molecule is CC1CCN(C(=O)c2ccn(C3CCCNC3)n2)C1. The van der Waals surface area contributed by atoms with E-state index in [2.05, 4.69) is 17.3 Å². The first-order chi connectivity index (χ1) is 9.24. The Labute approximate surface area is 114 Å². The molecule has 1 N–H and O–H groups in total. The first kappa shape index (κ1) is 12.7. The third-order valence-electron chi connectivity index (χ3n) is 4.18. The molecule has 1 amide bonds. The lowest BCUT2D eigenvalue weighted by molar-refractivity contribution is 0.0781. The molecule has 5 heteroatoms. The fourth-order valence-corrected chi connectivity index (χ4v) is 3.00. The van der Waals surface area contributed by atoms with Crippen molar-refractivity contribution in [3.63, 3.8) is 0 Å². The van der Waals surface area contributed by atoms with Gasteiger partial charge in [-0.2, -0.15) is 5.10 Å². The van der Waals surface area contributed by atoms with Gasteiger partial charge >= 0.3 is 0 Å². The molecule has 2 unspecified atom stereocenters. The van der Waals surface area contributed by atoms with Crippen LogP contribution in [0.25, 0.3) is 0 Å². The second-order valence-corrected chi connectivity index (χ2v) is 5.83. The summed E-state index contributed by atoms with van der Waals surface area (Å²) >= 11 is 0. The van der Waals surface area contributed by atoms with Crippen molar-refractivity contribution < 1.29 is 4.79 Å². The van der Waals surface area contributed by atoms with Crippen molar-refractivity contribution in [1.82, 2.24) is 20.0 Å². The van der Waals surface area contributed by atoms with Crippen LogP contribution in [0.4, 0.5) is 0 Å². The zero-order chi connectivity index (χ0) is 13.2. The summed E-state index contributed by atoms with van der Waals surface area (Å²) in [6.07, 6.45) is 5.38. The third kappa shape index (κ3) is 2.66. The average molecular weight is 262 g/mol. The van der Waals surface area contributed by atoms with Crippen LogP contribution >= 0.6 is 0 Å². The van der Waals surface area contributed by atoms with E-state index in [0.29, 0.717) is 17.7 Å². The summed E-state index contributed by atoms with van der Waals surface area (Å²) in [4.78, 5) is 14.3. The highest BCUT2D eigenvalue weighted by molar-refractivity contribution is 5.92. The molecule has 2 aliphatic rings. The molecule has 0 spiro atoms. The second kappa shape index (κ2) is 5.33. The lowest BCUT2D eigenvalue weighted by atomic mass is 10.1. The number of carbonyl (C=O) groups is 1. The maximum absolute atomic E-state index is 12.3. The van der Waals surface area contributed by atoms with Crippen LogP contribution in [0.5, 0.6) is 0 Å². The molecule has 19 heavy (non-hydrogen) atoms. The van der Waals surface area contributed by atoms with Gasteiger partial charge in [-0.1, -0.05) is 6.92 Å². The standard InChI is InChI=1S/C14H22N4O/c1-11-4-7-17(10-11)14(19)13-5-8-18(16-13)12-3-2-6-15-9-12/h5,8,11-12,15H,2-4,6-7,9-10H2,1H3. The van der Waals surface area contributed by atoms with E-state index in [-0.39, 0.29) is 5.91 Å². The molecule has 2 aliphatic heterocycles. The number of piperidine rings is 1. The van der Waals surface area contributed by atoms with Gasteiger partial charge < -0.3 is 10.2 Å². The minimum Gasteiger partial charge on any atom is -0.337 e. The highest BCUT2D eigenvalue weighted by atomic mass is 16.2. The molecule has 0 aromatic carbocycles. The van der Waals surface area contributed by atoms with E-state index in [1.54, 1.807) is 0 Å². The Morgan fingerprint density at radius 1 is 1.47 bits per heavy atom. The van der Waals surface area contributed by atoms with Crippen molar-refractivity contribution in [3.8, 4) is 0 Å². The summed E-state index contributed by atoms with van der Waals surface area (Å²) < 4.78 is 1.96. The van der Waals surface area contributed by atoms with E-state index in [1.165, 1.54) is 6.42 Å². The molecule has 0 radical (unpaired) electrons. The molecule has 2 atom stereocenters. The number of amides is 1. The molecule has 1 aromatic rings. The zero-order valence-electron chi connectivity index (χ0n) is 11.5. The molecule has 0 saturated carbocycles. The predicted octanol–water partition coefficient (Wildman–Crippen LogP) is 1.29. The minimum absolute atomic E-state index is 0.0897. The highest BCUT2D eigenvalue weighted by Gasteiger charge is 2.26. The van der Waals surface area contributed by atoms with Gasteiger partial charge in [0.05, 0.1) is 6.04 Å². The Morgan fingerprint density at radius 3 is 3.05 bits per heavy atom. The summed E-state index contributed by atoms with van der Waals surface area (Å²) in [6.45, 7) is 5.99. The summed E-state index contributed by atoms with van der Waals surface area (Å²) in [5.74, 6) is 0.709. The van der Waals surface area contributed by atoms with E-state index >= 15 is 0 Å². The van der Waals surface area contributed by atoms with Crippen molar-refractivity contribution in [2.24, 2.45) is 5.92 Å². The normalized spacial score (nSPS) is 27.7. The topological polar surface area (TPSA) is 50.2 Å². The maximum Gasteiger partial charge on any atom is 0.274 e. The Hall–Kier alpha value is -1.36. The molecular weight excluding hydrogens is 240 g/mol. The number of hydrogen-bond acceptors (Lipinski definition) is 3. The molecule has 3 heterocycles. The average Bonchev–Trinajstić information content (AvgIpc) is 3.08. The van der Waals surface area contributed by atoms with Crippen LogP contribution in [0.1, 0.15) is 42.7 Å². The van der Waals surface area contributed by atoms with Crippen molar-refractivity contribution in [3.05, 3.63) is 18.0 Å². The van der Waals surface area contributed by atoms with Crippen LogP contribution < -0.4 is 5.32 Å². The summed E-state index contributed by atoms with van der Waals surface area (Å²) in [7, 11) is 0. The lowest BCUT2D eigenvalue weighted by Crippen LogP contribution is -2.32. The van der Waals surface area contributed by atoms with Crippen molar-refractivity contribution in [1.29, 1.82) is 0 Å². The smallest absolute Gasteiger partial charge is 0.274 e. The van der Waals surface area contributed by atoms with Crippen molar-refractivity contribution in [2.45, 2.75) is 32.2 Å². The molecule has 2 saturated heterocycles. The number of carbonyl (C=O) groups excluding carboxylic acids is 1. The lowest BCUT2D eigenvalue weighted by Gasteiger charge is -2.23. The van der Waals surface area contributed by atoms with Crippen LogP contribution in [0.3, 0.4) is 0 Å². The van der Waals surface area contributed by atoms with Crippen LogP contribution in [-0.2, 0) is 0 Å². The van der Waals surface area contributed by atoms with Gasteiger partial charge in [-0.25, -0.2) is 0 Å². The van der Waals surface area contributed by atoms with E-state index in [0.717, 1.165) is 39.0 Å². The van der Waals surface area contributed by atoms with Gasteiger partial charge in [0.1, 0.15) is 5.69 Å².